The standard InChI is InChI=1S/C20H20N4O3/c25-15-10-13(11-15)19(16-8-4-5-9-21-16)22-20(27)17-12-18(26)24(23-17)14-6-2-1-3-7-14/h1-9,12-13,15,19,23,25H,10-11H2,(H,22,27)/t13?,15?,19-/m1/s1. The summed E-state index contributed by atoms with van der Waals surface area (Å²) in [6, 6.07) is 15.6. The number of aromatic nitrogens is 3. The number of pyridine rings is 1. The largest absolute Gasteiger partial charge is 0.393 e. The number of hydrogen-bond acceptors (Lipinski definition) is 4. The molecule has 0 spiro atoms. The van der Waals surface area contributed by atoms with E-state index in [-0.39, 0.29) is 35.2 Å². The molecular weight excluding hydrogens is 344 g/mol. The molecule has 0 aliphatic heterocycles. The van der Waals surface area contributed by atoms with Crippen molar-refractivity contribution >= 4 is 5.91 Å². The summed E-state index contributed by atoms with van der Waals surface area (Å²) in [5.74, 6) is -0.263. The first-order valence-electron chi connectivity index (χ1n) is 8.89. The molecule has 2 heterocycles. The normalized spacial score (nSPS) is 19.9. The molecule has 0 unspecified atom stereocenters. The maximum absolute atomic E-state index is 12.8. The number of amides is 1. The highest BCUT2D eigenvalue weighted by atomic mass is 16.3. The molecule has 7 heteroatoms. The first-order valence-corrected chi connectivity index (χ1v) is 8.89. The summed E-state index contributed by atoms with van der Waals surface area (Å²) < 4.78 is 1.33. The molecule has 1 aliphatic carbocycles. The summed E-state index contributed by atoms with van der Waals surface area (Å²) in [4.78, 5) is 29.4. The lowest BCUT2D eigenvalue weighted by Crippen LogP contribution is -2.41. The van der Waals surface area contributed by atoms with Gasteiger partial charge in [0, 0.05) is 12.3 Å². The van der Waals surface area contributed by atoms with Gasteiger partial charge in [0.25, 0.3) is 11.5 Å². The Hall–Kier alpha value is -3.19. The van der Waals surface area contributed by atoms with E-state index in [4.69, 9.17) is 0 Å². The van der Waals surface area contributed by atoms with Crippen molar-refractivity contribution in [3.05, 3.63) is 82.5 Å². The molecule has 1 saturated carbocycles. The Balaban J connectivity index is 1.58. The maximum atomic E-state index is 12.8. The van der Waals surface area contributed by atoms with Crippen LogP contribution in [0.5, 0.6) is 0 Å². The van der Waals surface area contributed by atoms with Gasteiger partial charge in [0.2, 0.25) is 0 Å². The van der Waals surface area contributed by atoms with Gasteiger partial charge in [-0.25, -0.2) is 4.68 Å². The molecule has 3 N–H and O–H groups in total. The van der Waals surface area contributed by atoms with Crippen LogP contribution in [0.15, 0.2) is 65.6 Å². The fraction of sp³-hybridized carbons (Fsp3) is 0.250. The van der Waals surface area contributed by atoms with Gasteiger partial charge in [-0.3, -0.25) is 19.7 Å². The minimum absolute atomic E-state index is 0.113. The lowest BCUT2D eigenvalue weighted by molar-refractivity contribution is 0.0227. The van der Waals surface area contributed by atoms with Gasteiger partial charge in [-0.05, 0) is 43.0 Å². The van der Waals surface area contributed by atoms with Crippen molar-refractivity contribution < 1.29 is 9.90 Å². The van der Waals surface area contributed by atoms with Crippen LogP contribution in [0, 0.1) is 5.92 Å². The van der Waals surface area contributed by atoms with Gasteiger partial charge in [0.15, 0.2) is 0 Å². The van der Waals surface area contributed by atoms with E-state index < -0.39 is 0 Å². The van der Waals surface area contributed by atoms with Gasteiger partial charge in [-0.15, -0.1) is 0 Å². The van der Waals surface area contributed by atoms with E-state index in [2.05, 4.69) is 15.4 Å². The summed E-state index contributed by atoms with van der Waals surface area (Å²) in [6.45, 7) is 0. The van der Waals surface area contributed by atoms with Gasteiger partial charge >= 0.3 is 0 Å². The van der Waals surface area contributed by atoms with Gasteiger partial charge in [-0.1, -0.05) is 24.3 Å². The van der Waals surface area contributed by atoms with Gasteiger partial charge in [0.05, 0.1) is 23.5 Å². The third-order valence-corrected chi connectivity index (χ3v) is 4.89. The van der Waals surface area contributed by atoms with Crippen molar-refractivity contribution in [2.75, 3.05) is 0 Å². The molecule has 1 fully saturated rings. The Labute approximate surface area is 155 Å². The van der Waals surface area contributed by atoms with Gasteiger partial charge < -0.3 is 10.4 Å². The topological polar surface area (TPSA) is 100 Å². The SMILES string of the molecule is O=C(N[C@@H](c1ccccn1)C1CC(O)C1)c1cc(=O)n(-c2ccccc2)[nH]1. The third kappa shape index (κ3) is 3.54. The molecule has 1 atom stereocenters. The summed E-state index contributed by atoms with van der Waals surface area (Å²) in [5, 5.41) is 15.5. The van der Waals surface area contributed by atoms with Crippen LogP contribution in [-0.2, 0) is 0 Å². The molecule has 0 radical (unpaired) electrons. The molecule has 7 nitrogen and oxygen atoms in total. The van der Waals surface area contributed by atoms with Crippen molar-refractivity contribution in [3.63, 3.8) is 0 Å². The number of rotatable bonds is 5. The van der Waals surface area contributed by atoms with E-state index in [9.17, 15) is 14.7 Å². The van der Waals surface area contributed by atoms with Crippen molar-refractivity contribution in [2.24, 2.45) is 5.92 Å². The number of aromatic amines is 1. The first kappa shape index (κ1) is 17.2. The molecule has 138 valence electrons. The van der Waals surface area contributed by atoms with Crippen LogP contribution in [0.4, 0.5) is 0 Å². The Bertz CT molecular complexity index is 975. The lowest BCUT2D eigenvalue weighted by Gasteiger charge is -2.37. The number of aliphatic hydroxyl groups excluding tert-OH is 1. The van der Waals surface area contributed by atoms with E-state index in [1.165, 1.54) is 10.7 Å². The highest BCUT2D eigenvalue weighted by molar-refractivity contribution is 5.92. The highest BCUT2D eigenvalue weighted by Gasteiger charge is 2.36. The van der Waals surface area contributed by atoms with E-state index in [0.29, 0.717) is 18.5 Å². The molecule has 1 aliphatic rings. The number of carbonyl (C=O) groups is 1. The van der Waals surface area contributed by atoms with Crippen molar-refractivity contribution in [1.29, 1.82) is 0 Å². The number of nitrogens with zero attached hydrogens (tertiary/aromatic N) is 2. The number of nitrogens with one attached hydrogen (secondary N) is 2. The Morgan fingerprint density at radius 2 is 1.93 bits per heavy atom. The molecule has 4 rings (SSSR count). The second-order valence-electron chi connectivity index (χ2n) is 6.77. The number of H-pyrrole nitrogens is 1. The van der Waals surface area contributed by atoms with E-state index in [1.54, 1.807) is 18.3 Å². The molecule has 3 aromatic rings. The summed E-state index contributed by atoms with van der Waals surface area (Å²) in [6.07, 6.45) is 2.57. The Kier molecular flexibility index (Phi) is 4.60. The average molecular weight is 364 g/mol. The minimum atomic E-state index is -0.376. The Morgan fingerprint density at radius 3 is 2.59 bits per heavy atom. The van der Waals surface area contributed by atoms with Crippen molar-refractivity contribution in [3.8, 4) is 5.69 Å². The van der Waals surface area contributed by atoms with E-state index in [0.717, 1.165) is 5.69 Å². The molecule has 2 aromatic heterocycles. The second kappa shape index (κ2) is 7.20. The van der Waals surface area contributed by atoms with Crippen LogP contribution < -0.4 is 10.9 Å². The minimum Gasteiger partial charge on any atom is -0.393 e. The number of para-hydroxylation sites is 1. The molecule has 1 amide bonds. The maximum Gasteiger partial charge on any atom is 0.271 e. The molecule has 27 heavy (non-hydrogen) atoms. The monoisotopic (exact) mass is 364 g/mol. The average Bonchev–Trinajstić information content (AvgIpc) is 3.07. The lowest BCUT2D eigenvalue weighted by atomic mass is 9.76. The second-order valence-corrected chi connectivity index (χ2v) is 6.77. The number of benzene rings is 1. The van der Waals surface area contributed by atoms with Crippen LogP contribution in [0.1, 0.15) is 35.1 Å². The fourth-order valence-electron chi connectivity index (χ4n) is 3.40. The van der Waals surface area contributed by atoms with Crippen LogP contribution >= 0.6 is 0 Å². The summed E-state index contributed by atoms with van der Waals surface area (Å²) in [5.41, 5.74) is 1.28. The van der Waals surface area contributed by atoms with Crippen LogP contribution in [-0.4, -0.2) is 31.9 Å². The smallest absolute Gasteiger partial charge is 0.271 e. The fourth-order valence-corrected chi connectivity index (χ4v) is 3.40. The van der Waals surface area contributed by atoms with Gasteiger partial charge in [0.1, 0.15) is 5.69 Å². The van der Waals surface area contributed by atoms with Crippen LogP contribution in [0.3, 0.4) is 0 Å². The molecule has 0 bridgehead atoms. The quantitative estimate of drug-likeness (QED) is 0.643. The zero-order valence-electron chi connectivity index (χ0n) is 14.6. The Morgan fingerprint density at radius 1 is 1.19 bits per heavy atom. The predicted molar refractivity (Wildman–Crippen MR) is 99.6 cm³/mol. The summed E-state index contributed by atoms with van der Waals surface area (Å²) in [7, 11) is 0. The number of hydrogen-bond donors (Lipinski definition) is 3. The third-order valence-electron chi connectivity index (χ3n) is 4.89. The van der Waals surface area contributed by atoms with Crippen molar-refractivity contribution in [2.45, 2.75) is 25.0 Å². The van der Waals surface area contributed by atoms with Crippen LogP contribution in [0.2, 0.25) is 0 Å². The van der Waals surface area contributed by atoms with Crippen molar-refractivity contribution in [1.82, 2.24) is 20.1 Å². The molecular formula is C20H20N4O3. The zero-order valence-corrected chi connectivity index (χ0v) is 14.6. The number of aliphatic hydroxyl groups is 1. The highest BCUT2D eigenvalue weighted by Crippen LogP contribution is 2.37. The predicted octanol–water partition coefficient (Wildman–Crippen LogP) is 1.80. The summed E-state index contributed by atoms with van der Waals surface area (Å²) >= 11 is 0. The van der Waals surface area contributed by atoms with Crippen LogP contribution in [0.25, 0.3) is 5.69 Å². The van der Waals surface area contributed by atoms with E-state index in [1.807, 2.05) is 36.4 Å². The number of carbonyl (C=O) groups excluding carboxylic acids is 1. The van der Waals surface area contributed by atoms with E-state index >= 15 is 0 Å². The molecule has 0 saturated heterocycles. The zero-order chi connectivity index (χ0) is 18.8. The molecule has 1 aromatic carbocycles. The first-order chi connectivity index (χ1) is 13.1. The van der Waals surface area contributed by atoms with Gasteiger partial charge in [-0.2, -0.15) is 0 Å².